The van der Waals surface area contributed by atoms with E-state index < -0.39 is 0 Å². The maximum absolute atomic E-state index is 13.4. The van der Waals surface area contributed by atoms with Crippen LogP contribution in [0, 0.1) is 6.92 Å². The Bertz CT molecular complexity index is 1170. The molecule has 1 N–H and O–H groups in total. The molecule has 32 heavy (non-hydrogen) atoms. The quantitative estimate of drug-likeness (QED) is 0.611. The summed E-state index contributed by atoms with van der Waals surface area (Å²) in [5.41, 5.74) is 2.29. The van der Waals surface area contributed by atoms with Crippen molar-refractivity contribution in [2.75, 3.05) is 27.3 Å². The number of carbonyl (C=O) groups is 1. The fraction of sp³-hybridized carbons (Fsp3) is 0.385. The van der Waals surface area contributed by atoms with Crippen LogP contribution in [-0.2, 0) is 5.54 Å². The minimum absolute atomic E-state index is 0.0729. The zero-order chi connectivity index (χ0) is 22.3. The molecule has 1 saturated carbocycles. The molecule has 1 aliphatic heterocycles. The number of ether oxygens (including phenoxy) is 2. The van der Waals surface area contributed by atoms with Crippen molar-refractivity contribution in [3.63, 3.8) is 0 Å². The first-order valence-electron chi connectivity index (χ1n) is 11.2. The van der Waals surface area contributed by atoms with Crippen LogP contribution in [-0.4, -0.2) is 49.1 Å². The lowest BCUT2D eigenvalue weighted by Crippen LogP contribution is -2.48. The average molecular weight is 432 g/mol. The summed E-state index contributed by atoms with van der Waals surface area (Å²) in [7, 11) is 3.77. The Kier molecular flexibility index (Phi) is 5.25. The van der Waals surface area contributed by atoms with Gasteiger partial charge in [0.2, 0.25) is 0 Å². The monoisotopic (exact) mass is 431 g/mol. The number of pyridine rings is 1. The summed E-state index contributed by atoms with van der Waals surface area (Å²) < 4.78 is 11.5. The van der Waals surface area contributed by atoms with Crippen molar-refractivity contribution >= 4 is 16.7 Å². The molecule has 6 heteroatoms. The molecule has 0 spiro atoms. The number of aromatic nitrogens is 1. The largest absolute Gasteiger partial charge is 0.497 e. The third-order valence-electron chi connectivity index (χ3n) is 6.91. The molecular formula is C26H29N3O3. The number of hydrogen-bond acceptors (Lipinski definition) is 5. The molecule has 1 aromatic heterocycles. The minimum Gasteiger partial charge on any atom is -0.497 e. The fourth-order valence-corrected chi connectivity index (χ4v) is 4.48. The molecule has 166 valence electrons. The molecule has 1 aliphatic carbocycles. The van der Waals surface area contributed by atoms with Crippen LogP contribution in [0.1, 0.15) is 40.7 Å². The smallest absolute Gasteiger partial charge is 0.252 e. The molecule has 2 heterocycles. The van der Waals surface area contributed by atoms with Crippen molar-refractivity contribution in [1.82, 2.24) is 15.2 Å². The second-order valence-corrected chi connectivity index (χ2v) is 9.02. The Hall–Kier alpha value is -3.12. The average Bonchev–Trinajstić information content (AvgIpc) is 3.58. The highest BCUT2D eigenvalue weighted by Crippen LogP contribution is 2.49. The standard InChI is InChI=1S/C26H29N3O3/c1-17-4-5-20(32-16-19-7-11-29(19)2)13-23(17)25(30)28-26(8-9-26)24-14-21(31-3)12-18-15-27-10-6-22(18)24/h4-6,10,12-15,19H,7-9,11,16H2,1-3H3,(H,28,30)/t19-/m0/s1. The number of benzene rings is 2. The molecule has 2 aliphatic rings. The first-order valence-corrected chi connectivity index (χ1v) is 11.2. The summed E-state index contributed by atoms with van der Waals surface area (Å²) in [5.74, 6) is 1.44. The van der Waals surface area contributed by atoms with E-state index >= 15 is 0 Å². The van der Waals surface area contributed by atoms with Gasteiger partial charge >= 0.3 is 0 Å². The molecule has 1 atom stereocenters. The van der Waals surface area contributed by atoms with Gasteiger partial charge < -0.3 is 14.8 Å². The van der Waals surface area contributed by atoms with Gasteiger partial charge in [-0.1, -0.05) is 6.07 Å². The predicted molar refractivity (Wildman–Crippen MR) is 124 cm³/mol. The van der Waals surface area contributed by atoms with Crippen LogP contribution in [0.4, 0.5) is 0 Å². The number of nitrogens with zero attached hydrogens (tertiary/aromatic N) is 2. The lowest BCUT2D eigenvalue weighted by molar-refractivity contribution is 0.0767. The summed E-state index contributed by atoms with van der Waals surface area (Å²) in [6.45, 7) is 3.73. The van der Waals surface area contributed by atoms with Crippen LogP contribution in [0.15, 0.2) is 48.8 Å². The Morgan fingerprint density at radius 1 is 1.22 bits per heavy atom. The number of amides is 1. The topological polar surface area (TPSA) is 63.7 Å². The second-order valence-electron chi connectivity index (χ2n) is 9.02. The maximum atomic E-state index is 13.4. The number of likely N-dealkylation sites (tertiary alicyclic amines) is 1. The second kappa shape index (κ2) is 8.10. The summed E-state index contributed by atoms with van der Waals surface area (Å²) in [6, 6.07) is 12.3. The Balaban J connectivity index is 1.39. The zero-order valence-corrected chi connectivity index (χ0v) is 18.9. The SMILES string of the molecule is COc1cc(C2(NC(=O)c3cc(OC[C@@H]4CCN4C)ccc3C)CC2)c2ccncc2c1. The molecule has 2 fully saturated rings. The molecule has 1 saturated heterocycles. The van der Waals surface area contributed by atoms with Gasteiger partial charge in [0.25, 0.3) is 5.91 Å². The highest BCUT2D eigenvalue weighted by molar-refractivity contribution is 5.97. The van der Waals surface area contributed by atoms with Gasteiger partial charge in [-0.3, -0.25) is 14.7 Å². The Labute approximate surface area is 188 Å². The number of fused-ring (bicyclic) bond motifs is 1. The Morgan fingerprint density at radius 3 is 2.75 bits per heavy atom. The van der Waals surface area contributed by atoms with Gasteiger partial charge in [0.15, 0.2) is 0 Å². The fourth-order valence-electron chi connectivity index (χ4n) is 4.48. The summed E-state index contributed by atoms with van der Waals surface area (Å²) in [5, 5.41) is 5.43. The molecular weight excluding hydrogens is 402 g/mol. The van der Waals surface area contributed by atoms with Crippen LogP contribution >= 0.6 is 0 Å². The van der Waals surface area contributed by atoms with Gasteiger partial charge in [0, 0.05) is 29.4 Å². The van der Waals surface area contributed by atoms with E-state index in [9.17, 15) is 4.79 Å². The number of rotatable bonds is 7. The van der Waals surface area contributed by atoms with Crippen molar-refractivity contribution in [3.8, 4) is 11.5 Å². The molecule has 0 radical (unpaired) electrons. The molecule has 1 amide bonds. The lowest BCUT2D eigenvalue weighted by Gasteiger charge is -2.37. The summed E-state index contributed by atoms with van der Waals surface area (Å²) in [6.07, 6.45) is 6.58. The lowest BCUT2D eigenvalue weighted by atomic mass is 9.96. The highest BCUT2D eigenvalue weighted by atomic mass is 16.5. The Morgan fingerprint density at radius 2 is 2.06 bits per heavy atom. The van der Waals surface area contributed by atoms with Crippen LogP contribution in [0.2, 0.25) is 0 Å². The van der Waals surface area contributed by atoms with Crippen LogP contribution in [0.25, 0.3) is 10.8 Å². The zero-order valence-electron chi connectivity index (χ0n) is 18.9. The van der Waals surface area contributed by atoms with E-state index in [1.165, 1.54) is 0 Å². The van der Waals surface area contributed by atoms with Crippen molar-refractivity contribution in [1.29, 1.82) is 0 Å². The maximum Gasteiger partial charge on any atom is 0.252 e. The number of aryl methyl sites for hydroxylation is 1. The van der Waals surface area contributed by atoms with E-state index in [1.54, 1.807) is 13.3 Å². The van der Waals surface area contributed by atoms with E-state index in [4.69, 9.17) is 9.47 Å². The van der Waals surface area contributed by atoms with E-state index in [-0.39, 0.29) is 11.4 Å². The van der Waals surface area contributed by atoms with E-state index in [1.807, 2.05) is 49.5 Å². The van der Waals surface area contributed by atoms with Gasteiger partial charge in [-0.2, -0.15) is 0 Å². The van der Waals surface area contributed by atoms with Crippen molar-refractivity contribution in [2.24, 2.45) is 0 Å². The molecule has 6 nitrogen and oxygen atoms in total. The first-order chi connectivity index (χ1) is 15.5. The number of hydrogen-bond donors (Lipinski definition) is 1. The number of likely N-dealkylation sites (N-methyl/N-ethyl adjacent to an activating group) is 1. The van der Waals surface area contributed by atoms with E-state index in [0.29, 0.717) is 18.2 Å². The van der Waals surface area contributed by atoms with Gasteiger partial charge in [-0.15, -0.1) is 0 Å². The number of nitrogens with one attached hydrogen (secondary N) is 1. The molecule has 5 rings (SSSR count). The normalized spacial score (nSPS) is 19.3. The molecule has 0 bridgehead atoms. The summed E-state index contributed by atoms with van der Waals surface area (Å²) >= 11 is 0. The molecule has 3 aromatic rings. The molecule has 2 aromatic carbocycles. The number of carbonyl (C=O) groups excluding carboxylic acids is 1. The number of methoxy groups -OCH3 is 1. The highest BCUT2D eigenvalue weighted by Gasteiger charge is 2.47. The van der Waals surface area contributed by atoms with Crippen molar-refractivity contribution in [2.45, 2.75) is 37.8 Å². The molecule has 0 unspecified atom stereocenters. The van der Waals surface area contributed by atoms with Crippen molar-refractivity contribution < 1.29 is 14.3 Å². The van der Waals surface area contributed by atoms with Crippen LogP contribution in [0.3, 0.4) is 0 Å². The van der Waals surface area contributed by atoms with Gasteiger partial charge in [0.05, 0.1) is 12.6 Å². The van der Waals surface area contributed by atoms with E-state index in [0.717, 1.165) is 59.2 Å². The van der Waals surface area contributed by atoms with Gasteiger partial charge in [-0.05, 0) is 86.6 Å². The van der Waals surface area contributed by atoms with Crippen molar-refractivity contribution in [3.05, 3.63) is 65.5 Å². The third kappa shape index (κ3) is 3.79. The van der Waals surface area contributed by atoms with Crippen LogP contribution < -0.4 is 14.8 Å². The predicted octanol–water partition coefficient (Wildman–Crippen LogP) is 4.05. The van der Waals surface area contributed by atoms with Gasteiger partial charge in [0.1, 0.15) is 18.1 Å². The van der Waals surface area contributed by atoms with Crippen LogP contribution in [0.5, 0.6) is 11.5 Å². The minimum atomic E-state index is -0.386. The summed E-state index contributed by atoms with van der Waals surface area (Å²) in [4.78, 5) is 19.9. The van der Waals surface area contributed by atoms with Gasteiger partial charge in [-0.25, -0.2) is 0 Å². The van der Waals surface area contributed by atoms with E-state index in [2.05, 4.69) is 22.2 Å². The first kappa shape index (κ1) is 20.8. The third-order valence-corrected chi connectivity index (χ3v) is 6.91.